The van der Waals surface area contributed by atoms with Crippen molar-refractivity contribution in [2.24, 2.45) is 23.7 Å². The zero-order valence-corrected chi connectivity index (χ0v) is 62.0. The minimum Gasteiger partial charge on any atom is -0.462 e. The molecular weight excluding hydrogens is 1210 g/mol. The zero-order chi connectivity index (χ0) is 68.2. The lowest BCUT2D eigenvalue weighted by molar-refractivity contribution is -0.161. The van der Waals surface area contributed by atoms with Crippen molar-refractivity contribution in [1.29, 1.82) is 0 Å². The molecule has 0 saturated heterocycles. The predicted molar refractivity (Wildman–Crippen MR) is 372 cm³/mol. The Bertz CT molecular complexity index is 1820. The first-order valence-electron chi connectivity index (χ1n) is 37.7. The lowest BCUT2D eigenvalue weighted by Crippen LogP contribution is -2.30. The number of esters is 4. The van der Waals surface area contributed by atoms with Crippen LogP contribution in [0.25, 0.3) is 0 Å². The first-order chi connectivity index (χ1) is 44.1. The van der Waals surface area contributed by atoms with Crippen LogP contribution in [0, 0.1) is 23.7 Å². The second-order valence-corrected chi connectivity index (χ2v) is 30.9. The van der Waals surface area contributed by atoms with Crippen LogP contribution in [-0.4, -0.2) is 96.7 Å². The van der Waals surface area contributed by atoms with Gasteiger partial charge in [0.05, 0.1) is 26.4 Å². The molecule has 6 atom stereocenters. The summed E-state index contributed by atoms with van der Waals surface area (Å²) in [6.45, 7) is 14.1. The van der Waals surface area contributed by atoms with Crippen molar-refractivity contribution < 1.29 is 80.2 Å². The summed E-state index contributed by atoms with van der Waals surface area (Å²) in [4.78, 5) is 72.7. The first-order valence-corrected chi connectivity index (χ1v) is 40.7. The van der Waals surface area contributed by atoms with E-state index < -0.39 is 97.5 Å². The summed E-state index contributed by atoms with van der Waals surface area (Å²) in [7, 11) is -9.91. The van der Waals surface area contributed by atoms with Gasteiger partial charge < -0.3 is 33.8 Å². The largest absolute Gasteiger partial charge is 0.472 e. The third-order valence-corrected chi connectivity index (χ3v) is 19.1. The van der Waals surface area contributed by atoms with E-state index in [9.17, 15) is 43.2 Å². The Hall–Kier alpha value is -1.94. The Balaban J connectivity index is 5.24. The van der Waals surface area contributed by atoms with Crippen molar-refractivity contribution in [3.8, 4) is 0 Å². The number of aliphatic hydroxyl groups excluding tert-OH is 1. The van der Waals surface area contributed by atoms with Crippen molar-refractivity contribution >= 4 is 39.5 Å². The second-order valence-electron chi connectivity index (χ2n) is 28.0. The number of carbonyl (C=O) groups is 4. The lowest BCUT2D eigenvalue weighted by atomic mass is 9.99. The van der Waals surface area contributed by atoms with Gasteiger partial charge in [-0.15, -0.1) is 0 Å². The Morgan fingerprint density at radius 1 is 0.304 bits per heavy atom. The minimum atomic E-state index is -4.95. The second kappa shape index (κ2) is 62.6. The molecule has 0 aromatic carbocycles. The smallest absolute Gasteiger partial charge is 0.462 e. The molecule has 17 nitrogen and oxygen atoms in total. The van der Waals surface area contributed by atoms with Gasteiger partial charge in [-0.2, -0.15) is 0 Å². The number of phosphoric acid groups is 2. The number of ether oxygens (including phenoxy) is 4. The van der Waals surface area contributed by atoms with E-state index in [1.54, 1.807) is 0 Å². The number of aliphatic hydroxyl groups is 1. The molecule has 19 heteroatoms. The SMILES string of the molecule is CCC(C)CCCCCCCCCCCCC(=O)O[C@H](COC(=O)CCCCCCCCCCC(C)C)COP(=O)(O)OCC(O)COP(=O)(O)OC[C@@H](COC(=O)CCCCCCCCCC(C)C)OC(=O)CCCCCCCCCCCCCCCCC(C)C. The molecule has 546 valence electrons. The number of hydrogen-bond acceptors (Lipinski definition) is 15. The van der Waals surface area contributed by atoms with Crippen molar-refractivity contribution in [3.63, 3.8) is 0 Å². The topological polar surface area (TPSA) is 237 Å². The van der Waals surface area contributed by atoms with Crippen molar-refractivity contribution in [2.45, 2.75) is 382 Å². The third kappa shape index (κ3) is 65.4. The van der Waals surface area contributed by atoms with E-state index in [4.69, 9.17) is 37.0 Å². The molecule has 0 heterocycles. The van der Waals surface area contributed by atoms with Crippen molar-refractivity contribution in [1.82, 2.24) is 0 Å². The van der Waals surface area contributed by atoms with Gasteiger partial charge in [-0.1, -0.05) is 312 Å². The van der Waals surface area contributed by atoms with E-state index in [0.717, 1.165) is 114 Å². The quantitative estimate of drug-likeness (QED) is 0.0222. The summed E-state index contributed by atoms with van der Waals surface area (Å²) in [5, 5.41) is 10.6. The molecule has 0 saturated carbocycles. The van der Waals surface area contributed by atoms with Crippen LogP contribution in [0.5, 0.6) is 0 Å². The van der Waals surface area contributed by atoms with Crippen LogP contribution in [0.4, 0.5) is 0 Å². The highest BCUT2D eigenvalue weighted by atomic mass is 31.2. The molecule has 0 fully saturated rings. The van der Waals surface area contributed by atoms with Gasteiger partial charge in [-0.25, -0.2) is 9.13 Å². The average molecular weight is 1350 g/mol. The molecule has 92 heavy (non-hydrogen) atoms. The molecule has 3 N–H and O–H groups in total. The zero-order valence-electron chi connectivity index (χ0n) is 60.2. The molecule has 0 spiro atoms. The fraction of sp³-hybridized carbons (Fsp3) is 0.945. The van der Waals surface area contributed by atoms with Gasteiger partial charge in [0.2, 0.25) is 0 Å². The van der Waals surface area contributed by atoms with Gasteiger partial charge in [-0.05, 0) is 49.4 Å². The molecule has 0 aliphatic rings. The molecule has 0 aromatic heterocycles. The highest BCUT2D eigenvalue weighted by Crippen LogP contribution is 2.45. The summed E-state index contributed by atoms with van der Waals surface area (Å²) in [6.07, 6.45) is 45.8. The summed E-state index contributed by atoms with van der Waals surface area (Å²) in [6, 6.07) is 0. The molecular formula is C73H142O17P2. The monoisotopic (exact) mass is 1350 g/mol. The van der Waals surface area contributed by atoms with E-state index in [1.807, 2.05) is 0 Å². The van der Waals surface area contributed by atoms with Crippen LogP contribution in [-0.2, 0) is 65.4 Å². The van der Waals surface area contributed by atoms with Crippen LogP contribution >= 0.6 is 15.6 Å². The Morgan fingerprint density at radius 2 is 0.522 bits per heavy atom. The minimum absolute atomic E-state index is 0.105. The normalized spacial score (nSPS) is 14.5. The number of carbonyl (C=O) groups excluding carboxylic acids is 4. The van der Waals surface area contributed by atoms with Gasteiger partial charge in [0.25, 0.3) is 0 Å². The Labute approximate surface area is 562 Å². The number of phosphoric ester groups is 2. The molecule has 0 radical (unpaired) electrons. The molecule has 4 unspecified atom stereocenters. The summed E-state index contributed by atoms with van der Waals surface area (Å²) < 4.78 is 68.4. The molecule has 0 aliphatic carbocycles. The Morgan fingerprint density at radius 3 is 0.772 bits per heavy atom. The standard InChI is InChI=1S/C73H142O17P2/c1-9-66(8)52-44-36-28-19-16-17-21-31-40-48-56-73(78)89-68(59-83-70(75)53-45-37-29-23-22-26-34-42-50-64(4)5)61-87-91(79,80)85-57-67(74)58-86-92(81,82)88-62-69(60-84-71(76)54-46-38-32-24-27-35-43-51-65(6)7)90-72(77)55-47-39-30-20-15-13-11-10-12-14-18-25-33-41-49-63(2)3/h63-69,74H,9-62H2,1-8H3,(H,79,80)(H,81,82)/t66?,67?,68-,69-/m1/s1. The lowest BCUT2D eigenvalue weighted by Gasteiger charge is -2.21. The molecule has 0 bridgehead atoms. The number of hydrogen-bond donors (Lipinski definition) is 3. The van der Waals surface area contributed by atoms with E-state index in [1.165, 1.54) is 161 Å². The van der Waals surface area contributed by atoms with Crippen LogP contribution < -0.4 is 0 Å². The summed E-state index contributed by atoms with van der Waals surface area (Å²) >= 11 is 0. The summed E-state index contributed by atoms with van der Waals surface area (Å²) in [5.41, 5.74) is 0. The number of unbranched alkanes of at least 4 members (excludes halogenated alkanes) is 35. The molecule has 0 rings (SSSR count). The predicted octanol–water partition coefficient (Wildman–Crippen LogP) is 20.9. The van der Waals surface area contributed by atoms with Crippen LogP contribution in [0.2, 0.25) is 0 Å². The van der Waals surface area contributed by atoms with Gasteiger partial charge in [0.15, 0.2) is 12.2 Å². The maximum atomic E-state index is 13.0. The molecule has 0 aliphatic heterocycles. The van der Waals surface area contributed by atoms with Gasteiger partial charge >= 0.3 is 39.5 Å². The fourth-order valence-electron chi connectivity index (χ4n) is 11.0. The van der Waals surface area contributed by atoms with Crippen molar-refractivity contribution in [3.05, 3.63) is 0 Å². The van der Waals surface area contributed by atoms with E-state index in [2.05, 4.69) is 55.4 Å². The highest BCUT2D eigenvalue weighted by molar-refractivity contribution is 7.47. The molecule has 0 aromatic rings. The van der Waals surface area contributed by atoms with E-state index in [-0.39, 0.29) is 25.7 Å². The maximum Gasteiger partial charge on any atom is 0.472 e. The van der Waals surface area contributed by atoms with Crippen LogP contribution in [0.1, 0.15) is 364 Å². The Kier molecular flexibility index (Phi) is 61.3. The van der Waals surface area contributed by atoms with E-state index >= 15 is 0 Å². The maximum absolute atomic E-state index is 13.0. The highest BCUT2D eigenvalue weighted by Gasteiger charge is 2.30. The number of rotatable bonds is 70. The van der Waals surface area contributed by atoms with Gasteiger partial charge in [0.1, 0.15) is 19.3 Å². The van der Waals surface area contributed by atoms with Crippen LogP contribution in [0.3, 0.4) is 0 Å². The van der Waals surface area contributed by atoms with Gasteiger partial charge in [0, 0.05) is 25.7 Å². The van der Waals surface area contributed by atoms with E-state index in [0.29, 0.717) is 31.6 Å². The molecule has 0 amide bonds. The van der Waals surface area contributed by atoms with Crippen LogP contribution in [0.15, 0.2) is 0 Å². The first kappa shape index (κ1) is 90.1. The van der Waals surface area contributed by atoms with Gasteiger partial charge in [-0.3, -0.25) is 37.3 Å². The average Bonchev–Trinajstić information content (AvgIpc) is 2.02. The fourth-order valence-corrected chi connectivity index (χ4v) is 12.6. The third-order valence-electron chi connectivity index (χ3n) is 17.2. The summed E-state index contributed by atoms with van der Waals surface area (Å²) in [5.74, 6) is 0.903. The van der Waals surface area contributed by atoms with Crippen molar-refractivity contribution in [2.75, 3.05) is 39.6 Å².